The van der Waals surface area contributed by atoms with Crippen molar-refractivity contribution in [2.45, 2.75) is 31.9 Å². The van der Waals surface area contributed by atoms with E-state index in [-0.39, 0.29) is 30.0 Å². The molecule has 1 heterocycles. The Morgan fingerprint density at radius 3 is 2.64 bits per heavy atom. The Hall–Kier alpha value is -2.40. The van der Waals surface area contributed by atoms with Gasteiger partial charge in [-0.3, -0.25) is 4.79 Å². The highest BCUT2D eigenvalue weighted by Crippen LogP contribution is 2.21. The van der Waals surface area contributed by atoms with Crippen LogP contribution in [0.25, 0.3) is 0 Å². The van der Waals surface area contributed by atoms with Crippen LogP contribution in [0.3, 0.4) is 0 Å². The van der Waals surface area contributed by atoms with Crippen LogP contribution >= 0.6 is 0 Å². The lowest BCUT2D eigenvalue weighted by atomic mass is 10.1. The minimum Gasteiger partial charge on any atom is -0.508 e. The smallest absolute Gasteiger partial charge is 0.227 e. The van der Waals surface area contributed by atoms with Crippen LogP contribution in [-0.2, 0) is 22.5 Å². The first kappa shape index (κ1) is 17.4. The maximum absolute atomic E-state index is 13.0. The van der Waals surface area contributed by atoms with Gasteiger partial charge in [0.1, 0.15) is 11.6 Å². The van der Waals surface area contributed by atoms with Gasteiger partial charge in [-0.15, -0.1) is 0 Å². The zero-order chi connectivity index (χ0) is 17.6. The summed E-state index contributed by atoms with van der Waals surface area (Å²) in [6.07, 6.45) is 2.16. The topological polar surface area (TPSA) is 49.8 Å². The fraction of sp³-hybridized carbons (Fsp3) is 0.350. The van der Waals surface area contributed by atoms with Crippen LogP contribution in [0.15, 0.2) is 48.5 Å². The van der Waals surface area contributed by atoms with Gasteiger partial charge in [-0.2, -0.15) is 0 Å². The molecule has 3 rings (SSSR count). The van der Waals surface area contributed by atoms with Gasteiger partial charge in [0.2, 0.25) is 5.91 Å². The average Bonchev–Trinajstić information content (AvgIpc) is 3.11. The lowest BCUT2D eigenvalue weighted by Gasteiger charge is -2.26. The van der Waals surface area contributed by atoms with Crippen molar-refractivity contribution in [1.29, 1.82) is 0 Å². The highest BCUT2D eigenvalue weighted by atomic mass is 19.1. The van der Waals surface area contributed by atoms with Crippen LogP contribution in [0, 0.1) is 5.82 Å². The first-order valence-electron chi connectivity index (χ1n) is 8.52. The number of amides is 1. The van der Waals surface area contributed by atoms with E-state index in [2.05, 4.69) is 0 Å². The van der Waals surface area contributed by atoms with Gasteiger partial charge < -0.3 is 14.7 Å². The van der Waals surface area contributed by atoms with Crippen LogP contribution in [-0.4, -0.2) is 35.2 Å². The number of aromatic hydroxyl groups is 1. The highest BCUT2D eigenvalue weighted by Gasteiger charge is 2.23. The molecule has 1 amide bonds. The summed E-state index contributed by atoms with van der Waals surface area (Å²) in [5, 5.41) is 10.0. The van der Waals surface area contributed by atoms with E-state index in [9.17, 15) is 14.3 Å². The summed E-state index contributed by atoms with van der Waals surface area (Å²) in [4.78, 5) is 14.5. The number of phenolic OH excluding ortho intramolecular Hbond substituents is 1. The molecule has 0 aliphatic carbocycles. The number of carbonyl (C=O) groups is 1. The van der Waals surface area contributed by atoms with Gasteiger partial charge in [0.05, 0.1) is 12.5 Å². The molecular weight excluding hydrogens is 321 g/mol. The summed E-state index contributed by atoms with van der Waals surface area (Å²) >= 11 is 0. The van der Waals surface area contributed by atoms with Gasteiger partial charge in [-0.05, 0) is 36.6 Å². The van der Waals surface area contributed by atoms with Crippen molar-refractivity contribution in [1.82, 2.24) is 4.90 Å². The molecule has 5 heteroatoms. The minimum atomic E-state index is -0.318. The molecule has 1 aliphatic heterocycles. The molecule has 4 nitrogen and oxygen atoms in total. The summed E-state index contributed by atoms with van der Waals surface area (Å²) < 4.78 is 18.7. The fourth-order valence-electron chi connectivity index (χ4n) is 3.03. The van der Waals surface area contributed by atoms with Gasteiger partial charge in [0.25, 0.3) is 0 Å². The number of phenols is 1. The second-order valence-corrected chi connectivity index (χ2v) is 6.34. The number of carbonyl (C=O) groups excluding carboxylic acids is 1. The third-order valence-electron chi connectivity index (χ3n) is 4.42. The maximum atomic E-state index is 13.0. The molecule has 1 saturated heterocycles. The van der Waals surface area contributed by atoms with Crippen molar-refractivity contribution < 1.29 is 19.0 Å². The van der Waals surface area contributed by atoms with Gasteiger partial charge in [0, 0.05) is 25.3 Å². The van der Waals surface area contributed by atoms with Crippen molar-refractivity contribution in [3.8, 4) is 5.75 Å². The summed E-state index contributed by atoms with van der Waals surface area (Å²) in [5.74, 6) is -0.207. The summed E-state index contributed by atoms with van der Waals surface area (Å²) in [6, 6.07) is 13.0. The third-order valence-corrected chi connectivity index (χ3v) is 4.42. The number of halogens is 1. The van der Waals surface area contributed by atoms with E-state index in [1.165, 1.54) is 12.1 Å². The predicted octanol–water partition coefficient (Wildman–Crippen LogP) is 3.28. The van der Waals surface area contributed by atoms with E-state index < -0.39 is 0 Å². The molecule has 1 fully saturated rings. The number of hydrogen-bond acceptors (Lipinski definition) is 3. The lowest BCUT2D eigenvalue weighted by Crippen LogP contribution is -2.37. The zero-order valence-electron chi connectivity index (χ0n) is 14.0. The summed E-state index contributed by atoms with van der Waals surface area (Å²) in [5.41, 5.74) is 1.47. The molecule has 0 saturated carbocycles. The Bertz CT molecular complexity index is 711. The highest BCUT2D eigenvalue weighted by molar-refractivity contribution is 5.79. The van der Waals surface area contributed by atoms with E-state index in [1.807, 2.05) is 12.1 Å². The Morgan fingerprint density at radius 2 is 1.96 bits per heavy atom. The zero-order valence-corrected chi connectivity index (χ0v) is 14.0. The average molecular weight is 343 g/mol. The van der Waals surface area contributed by atoms with Crippen molar-refractivity contribution >= 4 is 5.91 Å². The van der Waals surface area contributed by atoms with E-state index in [0.717, 1.165) is 25.0 Å². The van der Waals surface area contributed by atoms with Crippen molar-refractivity contribution in [3.63, 3.8) is 0 Å². The number of hydrogen-bond donors (Lipinski definition) is 1. The molecule has 0 spiro atoms. The second-order valence-electron chi connectivity index (χ2n) is 6.34. The van der Waals surface area contributed by atoms with Crippen LogP contribution in [0.5, 0.6) is 5.75 Å². The van der Waals surface area contributed by atoms with E-state index in [1.54, 1.807) is 29.2 Å². The fourth-order valence-corrected chi connectivity index (χ4v) is 3.03. The van der Waals surface area contributed by atoms with Crippen molar-refractivity contribution in [3.05, 3.63) is 65.5 Å². The standard InChI is InChI=1S/C20H22FNO3/c21-17-9-7-15(8-10-17)12-20(24)22(14-18-5-3-11-25-18)13-16-4-1-2-6-19(16)23/h1-2,4,6-10,18,23H,3,5,11-14H2/t18-/m1/s1. The van der Waals surface area contributed by atoms with E-state index in [4.69, 9.17) is 4.74 Å². The molecule has 0 unspecified atom stereocenters. The monoisotopic (exact) mass is 343 g/mol. The van der Waals surface area contributed by atoms with Crippen molar-refractivity contribution in [2.75, 3.05) is 13.2 Å². The molecule has 2 aromatic rings. The summed E-state index contributed by atoms with van der Waals surface area (Å²) in [6.45, 7) is 1.54. The number of ether oxygens (including phenoxy) is 1. The molecule has 1 N–H and O–H groups in total. The summed E-state index contributed by atoms with van der Waals surface area (Å²) in [7, 11) is 0. The Labute approximate surface area is 146 Å². The molecule has 2 aromatic carbocycles. The van der Waals surface area contributed by atoms with Gasteiger partial charge in [-0.1, -0.05) is 30.3 Å². The molecule has 132 valence electrons. The van der Waals surface area contributed by atoms with Gasteiger partial charge in [-0.25, -0.2) is 4.39 Å². The largest absolute Gasteiger partial charge is 0.508 e. The first-order chi connectivity index (χ1) is 12.1. The van der Waals surface area contributed by atoms with Crippen LogP contribution < -0.4 is 0 Å². The Morgan fingerprint density at radius 1 is 1.20 bits per heavy atom. The molecular formula is C20H22FNO3. The van der Waals surface area contributed by atoms with Gasteiger partial charge in [0.15, 0.2) is 0 Å². The molecule has 1 atom stereocenters. The minimum absolute atomic E-state index is 0.0306. The predicted molar refractivity (Wildman–Crippen MR) is 92.6 cm³/mol. The number of nitrogens with zero attached hydrogens (tertiary/aromatic N) is 1. The molecule has 0 radical (unpaired) electrons. The molecule has 0 bridgehead atoms. The third kappa shape index (κ3) is 4.79. The van der Waals surface area contributed by atoms with Gasteiger partial charge >= 0.3 is 0 Å². The first-order valence-corrected chi connectivity index (χ1v) is 8.52. The Kier molecular flexibility index (Phi) is 5.66. The number of benzene rings is 2. The molecule has 25 heavy (non-hydrogen) atoms. The van der Waals surface area contributed by atoms with Crippen LogP contribution in [0.4, 0.5) is 4.39 Å². The van der Waals surface area contributed by atoms with Crippen LogP contribution in [0.2, 0.25) is 0 Å². The van der Waals surface area contributed by atoms with E-state index >= 15 is 0 Å². The second kappa shape index (κ2) is 8.12. The van der Waals surface area contributed by atoms with Crippen molar-refractivity contribution in [2.24, 2.45) is 0 Å². The number of rotatable bonds is 6. The van der Waals surface area contributed by atoms with Crippen LogP contribution in [0.1, 0.15) is 24.0 Å². The Balaban J connectivity index is 1.73. The normalized spacial score (nSPS) is 16.8. The molecule has 0 aromatic heterocycles. The number of para-hydroxylation sites is 1. The SMILES string of the molecule is O=C(Cc1ccc(F)cc1)N(Cc1ccccc1O)C[C@H]1CCCO1. The van der Waals surface area contributed by atoms with E-state index in [0.29, 0.717) is 18.7 Å². The lowest BCUT2D eigenvalue weighted by molar-refractivity contribution is -0.132. The maximum Gasteiger partial charge on any atom is 0.227 e. The molecule has 1 aliphatic rings. The quantitative estimate of drug-likeness (QED) is 0.876.